The lowest BCUT2D eigenvalue weighted by Crippen LogP contribution is -2.32. The van der Waals surface area contributed by atoms with Crippen LogP contribution in [-0.2, 0) is 0 Å². The Morgan fingerprint density at radius 3 is 3.00 bits per heavy atom. The summed E-state index contributed by atoms with van der Waals surface area (Å²) in [5, 5.41) is 0.534. The first kappa shape index (κ1) is 9.26. The van der Waals surface area contributed by atoms with Crippen molar-refractivity contribution in [3.8, 4) is 0 Å². The molecule has 0 N–H and O–H groups in total. The number of likely N-dealkylation sites (N-methyl/N-ethyl adjacent to an activating group) is 1. The van der Waals surface area contributed by atoms with E-state index in [1.165, 1.54) is 0 Å². The summed E-state index contributed by atoms with van der Waals surface area (Å²) in [5.74, 6) is 0. The van der Waals surface area contributed by atoms with Gasteiger partial charge in [-0.2, -0.15) is 0 Å². The molecule has 1 atom stereocenters. The molecule has 66 valence electrons. The highest BCUT2D eigenvalue weighted by Crippen LogP contribution is 2.19. The Morgan fingerprint density at radius 1 is 1.75 bits per heavy atom. The van der Waals surface area contributed by atoms with Gasteiger partial charge in [-0.15, -0.1) is 0 Å². The minimum atomic E-state index is 0.249. The predicted octanol–water partition coefficient (Wildman–Crippen LogP) is 1.50. The standard InChI is InChI=1S/C8H12ClN3/c1-6-7(4-10-2)8(9)11-5-12(6)3/h4-6H,1-3H3. The average Bonchev–Trinajstić information content (AvgIpc) is 2.06. The van der Waals surface area contributed by atoms with Crippen LogP contribution in [0.5, 0.6) is 0 Å². The van der Waals surface area contributed by atoms with Gasteiger partial charge in [-0.3, -0.25) is 4.99 Å². The van der Waals surface area contributed by atoms with Crippen LogP contribution in [-0.4, -0.2) is 37.6 Å². The van der Waals surface area contributed by atoms with Crippen LogP contribution in [0.4, 0.5) is 0 Å². The van der Waals surface area contributed by atoms with Crippen LogP contribution in [0.1, 0.15) is 6.92 Å². The van der Waals surface area contributed by atoms with E-state index >= 15 is 0 Å². The Labute approximate surface area is 77.5 Å². The third-order valence-electron chi connectivity index (χ3n) is 1.92. The quantitative estimate of drug-likeness (QED) is 0.450. The molecule has 0 amide bonds. The largest absolute Gasteiger partial charge is 0.359 e. The molecule has 12 heavy (non-hydrogen) atoms. The summed E-state index contributed by atoms with van der Waals surface area (Å²) in [6.07, 6.45) is 3.47. The summed E-state index contributed by atoms with van der Waals surface area (Å²) in [5.41, 5.74) is 0.962. The van der Waals surface area contributed by atoms with Crippen LogP contribution >= 0.6 is 11.6 Å². The van der Waals surface area contributed by atoms with Gasteiger partial charge in [-0.05, 0) is 6.92 Å². The molecule has 1 aliphatic heterocycles. The Hall–Kier alpha value is -0.830. The minimum absolute atomic E-state index is 0.249. The fourth-order valence-corrected chi connectivity index (χ4v) is 1.26. The predicted molar refractivity (Wildman–Crippen MR) is 53.0 cm³/mol. The van der Waals surface area contributed by atoms with Gasteiger partial charge in [0.05, 0.1) is 12.4 Å². The van der Waals surface area contributed by atoms with Crippen molar-refractivity contribution in [1.29, 1.82) is 0 Å². The zero-order valence-electron chi connectivity index (χ0n) is 7.45. The molecule has 0 saturated heterocycles. The van der Waals surface area contributed by atoms with Gasteiger partial charge in [-0.25, -0.2) is 4.99 Å². The number of nitrogens with zero attached hydrogens (tertiary/aromatic N) is 3. The molecular weight excluding hydrogens is 174 g/mol. The van der Waals surface area contributed by atoms with E-state index in [4.69, 9.17) is 11.6 Å². The van der Waals surface area contributed by atoms with Crippen molar-refractivity contribution in [1.82, 2.24) is 4.90 Å². The highest BCUT2D eigenvalue weighted by Gasteiger charge is 2.17. The van der Waals surface area contributed by atoms with Gasteiger partial charge >= 0.3 is 0 Å². The van der Waals surface area contributed by atoms with Crippen molar-refractivity contribution >= 4 is 24.2 Å². The maximum Gasteiger partial charge on any atom is 0.137 e. The van der Waals surface area contributed by atoms with E-state index in [1.807, 2.05) is 11.9 Å². The zero-order chi connectivity index (χ0) is 9.14. The number of hydrogen-bond acceptors (Lipinski definition) is 3. The lowest BCUT2D eigenvalue weighted by molar-refractivity contribution is 0.449. The van der Waals surface area contributed by atoms with Crippen LogP contribution in [0, 0.1) is 0 Å². The number of hydrogen-bond donors (Lipinski definition) is 0. The van der Waals surface area contributed by atoms with Crippen LogP contribution in [0.25, 0.3) is 0 Å². The Bertz CT molecular complexity index is 255. The zero-order valence-corrected chi connectivity index (χ0v) is 8.21. The van der Waals surface area contributed by atoms with E-state index in [0.717, 1.165) is 5.57 Å². The van der Waals surface area contributed by atoms with E-state index in [-0.39, 0.29) is 6.04 Å². The molecule has 0 saturated carbocycles. The van der Waals surface area contributed by atoms with Gasteiger partial charge in [0.2, 0.25) is 0 Å². The SMILES string of the molecule is CN=CC1=C(Cl)N=CN(C)C1C. The van der Waals surface area contributed by atoms with Gasteiger partial charge in [-0.1, -0.05) is 11.6 Å². The highest BCUT2D eigenvalue weighted by molar-refractivity contribution is 6.31. The molecule has 0 aliphatic carbocycles. The molecule has 0 aromatic rings. The van der Waals surface area contributed by atoms with E-state index in [0.29, 0.717) is 5.16 Å². The Balaban J connectivity index is 2.97. The molecule has 1 heterocycles. The maximum absolute atomic E-state index is 5.89. The molecule has 3 nitrogen and oxygen atoms in total. The second-order valence-corrected chi connectivity index (χ2v) is 3.08. The molecular formula is C8H12ClN3. The normalized spacial score (nSPS) is 24.3. The third-order valence-corrected chi connectivity index (χ3v) is 2.24. The molecule has 0 bridgehead atoms. The molecule has 1 aliphatic rings. The van der Waals surface area contributed by atoms with Crippen LogP contribution in [0.2, 0.25) is 0 Å². The summed E-state index contributed by atoms with van der Waals surface area (Å²) < 4.78 is 0. The Kier molecular flexibility index (Phi) is 2.87. The molecule has 0 fully saturated rings. The van der Waals surface area contributed by atoms with Gasteiger partial charge in [0.1, 0.15) is 5.16 Å². The highest BCUT2D eigenvalue weighted by atomic mass is 35.5. The average molecular weight is 186 g/mol. The molecule has 0 radical (unpaired) electrons. The van der Waals surface area contributed by atoms with E-state index in [1.54, 1.807) is 19.6 Å². The van der Waals surface area contributed by atoms with Crippen LogP contribution < -0.4 is 0 Å². The van der Waals surface area contributed by atoms with Crippen molar-refractivity contribution in [2.75, 3.05) is 14.1 Å². The monoisotopic (exact) mass is 185 g/mol. The third kappa shape index (κ3) is 1.67. The first-order chi connectivity index (χ1) is 5.66. The van der Waals surface area contributed by atoms with Crippen molar-refractivity contribution in [2.24, 2.45) is 9.98 Å². The van der Waals surface area contributed by atoms with Gasteiger partial charge in [0.15, 0.2) is 0 Å². The topological polar surface area (TPSA) is 28.0 Å². The molecule has 0 aromatic carbocycles. The molecule has 0 aromatic heterocycles. The molecule has 1 unspecified atom stereocenters. The van der Waals surface area contributed by atoms with Gasteiger partial charge in [0.25, 0.3) is 0 Å². The van der Waals surface area contributed by atoms with Gasteiger partial charge in [0, 0.05) is 25.9 Å². The summed E-state index contributed by atoms with van der Waals surface area (Å²) in [7, 11) is 3.68. The number of aliphatic imine (C=N–C) groups is 2. The molecule has 0 spiro atoms. The van der Waals surface area contributed by atoms with E-state index in [2.05, 4.69) is 16.9 Å². The van der Waals surface area contributed by atoms with Crippen molar-refractivity contribution in [3.63, 3.8) is 0 Å². The van der Waals surface area contributed by atoms with E-state index < -0.39 is 0 Å². The van der Waals surface area contributed by atoms with Crippen LogP contribution in [0.3, 0.4) is 0 Å². The fourth-order valence-electron chi connectivity index (χ4n) is 1.01. The Morgan fingerprint density at radius 2 is 2.42 bits per heavy atom. The first-order valence-corrected chi connectivity index (χ1v) is 4.12. The summed E-state index contributed by atoms with van der Waals surface area (Å²) in [6, 6.07) is 0.249. The second-order valence-electron chi connectivity index (χ2n) is 2.72. The van der Waals surface area contributed by atoms with Gasteiger partial charge < -0.3 is 4.90 Å². The number of halogens is 1. The van der Waals surface area contributed by atoms with Crippen molar-refractivity contribution in [2.45, 2.75) is 13.0 Å². The lowest BCUT2D eigenvalue weighted by Gasteiger charge is -2.26. The lowest BCUT2D eigenvalue weighted by atomic mass is 10.1. The fraction of sp³-hybridized carbons (Fsp3) is 0.500. The van der Waals surface area contributed by atoms with Crippen molar-refractivity contribution in [3.05, 3.63) is 10.7 Å². The molecule has 1 rings (SSSR count). The summed E-state index contributed by atoms with van der Waals surface area (Å²) >= 11 is 5.89. The minimum Gasteiger partial charge on any atom is -0.359 e. The second kappa shape index (κ2) is 3.72. The van der Waals surface area contributed by atoms with E-state index in [9.17, 15) is 0 Å². The summed E-state index contributed by atoms with van der Waals surface area (Å²) in [6.45, 7) is 2.06. The first-order valence-electron chi connectivity index (χ1n) is 3.74. The van der Waals surface area contributed by atoms with Crippen molar-refractivity contribution < 1.29 is 0 Å². The summed E-state index contributed by atoms with van der Waals surface area (Å²) in [4.78, 5) is 9.93. The van der Waals surface area contributed by atoms with Crippen LogP contribution in [0.15, 0.2) is 20.7 Å². The number of rotatable bonds is 1. The smallest absolute Gasteiger partial charge is 0.137 e. The molecule has 4 heteroatoms. The maximum atomic E-state index is 5.89.